The molecule has 0 bridgehead atoms. The number of hydrogen-bond acceptors (Lipinski definition) is 3. The molecule has 0 spiro atoms. The van der Waals surface area contributed by atoms with Gasteiger partial charge in [0.15, 0.2) is 0 Å². The highest BCUT2D eigenvalue weighted by atomic mass is 16.5. The Hall–Kier alpha value is -2.04. The zero-order valence-corrected chi connectivity index (χ0v) is 12.3. The first-order valence-corrected chi connectivity index (χ1v) is 7.29. The van der Waals surface area contributed by atoms with Crippen LogP contribution in [-0.2, 0) is 9.59 Å². The van der Waals surface area contributed by atoms with Gasteiger partial charge in [-0.2, -0.15) is 0 Å². The van der Waals surface area contributed by atoms with E-state index < -0.39 is 17.8 Å². The summed E-state index contributed by atoms with van der Waals surface area (Å²) in [6.45, 7) is 4.34. The van der Waals surface area contributed by atoms with Crippen molar-refractivity contribution in [1.29, 1.82) is 0 Å². The standard InChI is InChI=1S/C16H21NO4/c1-3-21-14-7-5-4-6-11(14)10(2)17-15(18)12-8-9-13(12)16(19)20/h4-7,10,12-13H,3,8-9H2,1-2H3,(H,17,18)(H,19,20). The number of benzene rings is 1. The Morgan fingerprint density at radius 1 is 1.33 bits per heavy atom. The lowest BCUT2D eigenvalue weighted by Crippen LogP contribution is -2.44. The number of carboxylic acids is 1. The lowest BCUT2D eigenvalue weighted by atomic mass is 9.73. The van der Waals surface area contributed by atoms with Crippen molar-refractivity contribution < 1.29 is 19.4 Å². The van der Waals surface area contributed by atoms with E-state index in [4.69, 9.17) is 9.84 Å². The molecule has 0 saturated heterocycles. The third-order valence-electron chi connectivity index (χ3n) is 3.97. The highest BCUT2D eigenvalue weighted by Gasteiger charge is 2.41. The fourth-order valence-electron chi connectivity index (χ4n) is 2.63. The first-order valence-electron chi connectivity index (χ1n) is 7.29. The van der Waals surface area contributed by atoms with Gasteiger partial charge in [-0.3, -0.25) is 9.59 Å². The predicted octanol–water partition coefficient (Wildman–Crippen LogP) is 2.37. The number of nitrogens with one attached hydrogen (secondary N) is 1. The highest BCUT2D eigenvalue weighted by Crippen LogP contribution is 2.35. The summed E-state index contributed by atoms with van der Waals surface area (Å²) >= 11 is 0. The molecule has 3 atom stereocenters. The Bertz CT molecular complexity index is 529. The lowest BCUT2D eigenvalue weighted by Gasteiger charge is -2.33. The molecule has 0 heterocycles. The molecule has 2 N–H and O–H groups in total. The highest BCUT2D eigenvalue weighted by molar-refractivity contribution is 5.86. The van der Waals surface area contributed by atoms with Gasteiger partial charge in [0.05, 0.1) is 24.5 Å². The quantitative estimate of drug-likeness (QED) is 0.843. The molecule has 3 unspecified atom stereocenters. The number of hydrogen-bond donors (Lipinski definition) is 2. The zero-order chi connectivity index (χ0) is 15.4. The molecular weight excluding hydrogens is 270 g/mol. The van der Waals surface area contributed by atoms with E-state index in [1.54, 1.807) is 0 Å². The van der Waals surface area contributed by atoms with Crippen LogP contribution >= 0.6 is 0 Å². The van der Waals surface area contributed by atoms with Gasteiger partial charge >= 0.3 is 5.97 Å². The van der Waals surface area contributed by atoms with Crippen LogP contribution < -0.4 is 10.1 Å². The van der Waals surface area contributed by atoms with Gasteiger partial charge < -0.3 is 15.2 Å². The minimum atomic E-state index is -0.885. The second-order valence-electron chi connectivity index (χ2n) is 5.33. The molecule has 1 aromatic rings. The molecule has 1 aliphatic carbocycles. The van der Waals surface area contributed by atoms with E-state index in [0.29, 0.717) is 19.4 Å². The summed E-state index contributed by atoms with van der Waals surface area (Å²) in [5.41, 5.74) is 0.902. The maximum Gasteiger partial charge on any atom is 0.307 e. The SMILES string of the molecule is CCOc1ccccc1C(C)NC(=O)C1CCC1C(=O)O. The minimum Gasteiger partial charge on any atom is -0.494 e. The number of carbonyl (C=O) groups is 2. The fourth-order valence-corrected chi connectivity index (χ4v) is 2.63. The molecule has 0 aliphatic heterocycles. The van der Waals surface area contributed by atoms with Crippen LogP contribution in [0.15, 0.2) is 24.3 Å². The van der Waals surface area contributed by atoms with Crippen molar-refractivity contribution in [3.63, 3.8) is 0 Å². The van der Waals surface area contributed by atoms with E-state index >= 15 is 0 Å². The van der Waals surface area contributed by atoms with Crippen molar-refractivity contribution in [2.45, 2.75) is 32.7 Å². The molecule has 1 amide bonds. The van der Waals surface area contributed by atoms with Crippen LogP contribution in [0.1, 0.15) is 38.3 Å². The monoisotopic (exact) mass is 291 g/mol. The van der Waals surface area contributed by atoms with Crippen molar-refractivity contribution >= 4 is 11.9 Å². The Morgan fingerprint density at radius 3 is 2.57 bits per heavy atom. The molecule has 1 fully saturated rings. The summed E-state index contributed by atoms with van der Waals surface area (Å²) < 4.78 is 5.55. The molecule has 0 radical (unpaired) electrons. The van der Waals surface area contributed by atoms with Gasteiger partial charge in [-0.1, -0.05) is 18.2 Å². The van der Waals surface area contributed by atoms with Crippen LogP contribution in [0.3, 0.4) is 0 Å². The molecule has 5 heteroatoms. The molecule has 114 valence electrons. The molecule has 5 nitrogen and oxygen atoms in total. The van der Waals surface area contributed by atoms with Crippen LogP contribution in [0, 0.1) is 11.8 Å². The molecule has 0 aromatic heterocycles. The average Bonchev–Trinajstić information content (AvgIpc) is 2.37. The van der Waals surface area contributed by atoms with Gasteiger partial charge in [0, 0.05) is 5.56 Å². The summed E-state index contributed by atoms with van der Waals surface area (Å²) in [5.74, 6) is -1.28. The number of amides is 1. The van der Waals surface area contributed by atoms with E-state index in [1.807, 2.05) is 38.1 Å². The molecule has 2 rings (SSSR count). The number of rotatable bonds is 6. The van der Waals surface area contributed by atoms with E-state index in [1.165, 1.54) is 0 Å². The minimum absolute atomic E-state index is 0.188. The van der Waals surface area contributed by atoms with Gasteiger partial charge in [-0.15, -0.1) is 0 Å². The van der Waals surface area contributed by atoms with Crippen molar-refractivity contribution in [3.8, 4) is 5.75 Å². The van der Waals surface area contributed by atoms with Crippen LogP contribution in [0.4, 0.5) is 0 Å². The Kier molecular flexibility index (Phi) is 4.83. The number of carboxylic acid groups (broad SMARTS) is 1. The van der Waals surface area contributed by atoms with Crippen LogP contribution in [-0.4, -0.2) is 23.6 Å². The van der Waals surface area contributed by atoms with Gasteiger partial charge in [-0.05, 0) is 32.8 Å². The largest absolute Gasteiger partial charge is 0.494 e. The summed E-state index contributed by atoms with van der Waals surface area (Å²) in [5, 5.41) is 11.9. The van der Waals surface area contributed by atoms with Crippen molar-refractivity contribution in [1.82, 2.24) is 5.32 Å². The number of aliphatic carboxylic acids is 1. The topological polar surface area (TPSA) is 75.6 Å². The van der Waals surface area contributed by atoms with Gasteiger partial charge in [-0.25, -0.2) is 0 Å². The van der Waals surface area contributed by atoms with Gasteiger partial charge in [0.25, 0.3) is 0 Å². The summed E-state index contributed by atoms with van der Waals surface area (Å²) in [7, 11) is 0. The first-order chi connectivity index (χ1) is 10.0. The maximum atomic E-state index is 12.2. The third-order valence-corrected chi connectivity index (χ3v) is 3.97. The normalized spacial score (nSPS) is 22.0. The zero-order valence-electron chi connectivity index (χ0n) is 12.3. The number of para-hydroxylation sites is 1. The van der Waals surface area contributed by atoms with Crippen LogP contribution in [0.5, 0.6) is 5.75 Å². The number of carbonyl (C=O) groups excluding carboxylic acids is 1. The van der Waals surface area contributed by atoms with Gasteiger partial charge in [0.2, 0.25) is 5.91 Å². The second kappa shape index (κ2) is 6.61. The first kappa shape index (κ1) is 15.4. The second-order valence-corrected chi connectivity index (χ2v) is 5.33. The Balaban J connectivity index is 2.03. The van der Waals surface area contributed by atoms with Crippen molar-refractivity contribution in [2.75, 3.05) is 6.61 Å². The molecule has 1 aliphatic rings. The Labute approximate surface area is 124 Å². The third kappa shape index (κ3) is 3.35. The van der Waals surface area contributed by atoms with Crippen LogP contribution in [0.25, 0.3) is 0 Å². The average molecular weight is 291 g/mol. The molecule has 21 heavy (non-hydrogen) atoms. The Morgan fingerprint density at radius 2 is 2.00 bits per heavy atom. The van der Waals surface area contributed by atoms with Crippen LogP contribution in [0.2, 0.25) is 0 Å². The van der Waals surface area contributed by atoms with E-state index in [0.717, 1.165) is 11.3 Å². The number of ether oxygens (including phenoxy) is 1. The molecule has 1 aromatic carbocycles. The van der Waals surface area contributed by atoms with Crippen molar-refractivity contribution in [2.24, 2.45) is 11.8 Å². The summed E-state index contributed by atoms with van der Waals surface area (Å²) in [6.07, 6.45) is 1.22. The predicted molar refractivity (Wildman–Crippen MR) is 78.0 cm³/mol. The van der Waals surface area contributed by atoms with E-state index in [2.05, 4.69) is 5.32 Å². The van der Waals surface area contributed by atoms with Gasteiger partial charge in [0.1, 0.15) is 5.75 Å². The molecule has 1 saturated carbocycles. The smallest absolute Gasteiger partial charge is 0.307 e. The molecular formula is C16H21NO4. The van der Waals surface area contributed by atoms with E-state index in [-0.39, 0.29) is 11.9 Å². The summed E-state index contributed by atoms with van der Waals surface area (Å²) in [6, 6.07) is 7.34. The lowest BCUT2D eigenvalue weighted by molar-refractivity contribution is -0.152. The van der Waals surface area contributed by atoms with E-state index in [9.17, 15) is 9.59 Å². The van der Waals surface area contributed by atoms with Crippen molar-refractivity contribution in [3.05, 3.63) is 29.8 Å². The summed E-state index contributed by atoms with van der Waals surface area (Å²) in [4.78, 5) is 23.2. The maximum absolute atomic E-state index is 12.2. The fraction of sp³-hybridized carbons (Fsp3) is 0.500.